The van der Waals surface area contributed by atoms with Crippen molar-refractivity contribution < 1.29 is 4.74 Å². The van der Waals surface area contributed by atoms with Gasteiger partial charge in [0.1, 0.15) is 0 Å². The average Bonchev–Trinajstić information content (AvgIpc) is 2.53. The predicted octanol–water partition coefficient (Wildman–Crippen LogP) is 0.587. The van der Waals surface area contributed by atoms with Crippen molar-refractivity contribution in [2.75, 3.05) is 24.0 Å². The minimum absolute atomic E-state index is 0.211. The molecular formula is C12H17N7O. The van der Waals surface area contributed by atoms with Crippen LogP contribution in [0, 0.1) is 0 Å². The largest absolute Gasteiger partial charge is 0.467 e. The molecule has 2 heterocycles. The van der Waals surface area contributed by atoms with Gasteiger partial charge in [0.25, 0.3) is 0 Å². The molecule has 3 N–H and O–H groups in total. The molecule has 0 aliphatic heterocycles. The molecule has 0 spiro atoms. The monoisotopic (exact) mass is 275 g/mol. The molecule has 106 valence electrons. The zero-order valence-electron chi connectivity index (χ0n) is 11.4. The Balaban J connectivity index is 2.26. The second kappa shape index (κ2) is 6.62. The van der Waals surface area contributed by atoms with Crippen molar-refractivity contribution >= 4 is 11.9 Å². The smallest absolute Gasteiger partial charge is 0.322 e. The molecule has 0 saturated heterocycles. The number of hydrogen-bond acceptors (Lipinski definition) is 8. The van der Waals surface area contributed by atoms with Crippen LogP contribution in [0.3, 0.4) is 0 Å². The van der Waals surface area contributed by atoms with Gasteiger partial charge in [0, 0.05) is 12.7 Å². The van der Waals surface area contributed by atoms with Gasteiger partial charge in [0.05, 0.1) is 19.3 Å². The lowest BCUT2D eigenvalue weighted by Gasteiger charge is -2.20. The molecule has 0 aliphatic carbocycles. The van der Waals surface area contributed by atoms with Crippen LogP contribution in [0.5, 0.6) is 6.01 Å². The third kappa shape index (κ3) is 3.29. The fourth-order valence-corrected chi connectivity index (χ4v) is 1.65. The molecule has 8 heteroatoms. The first kappa shape index (κ1) is 13.9. The van der Waals surface area contributed by atoms with E-state index in [-0.39, 0.29) is 12.0 Å². The van der Waals surface area contributed by atoms with E-state index in [0.29, 0.717) is 19.0 Å². The molecule has 0 bridgehead atoms. The number of pyridine rings is 1. The van der Waals surface area contributed by atoms with Crippen molar-refractivity contribution in [2.24, 2.45) is 5.84 Å². The van der Waals surface area contributed by atoms with Crippen molar-refractivity contribution in [1.82, 2.24) is 19.9 Å². The molecule has 0 unspecified atom stereocenters. The summed E-state index contributed by atoms with van der Waals surface area (Å²) < 4.78 is 5.04. The minimum Gasteiger partial charge on any atom is -0.467 e. The average molecular weight is 275 g/mol. The highest BCUT2D eigenvalue weighted by molar-refractivity contribution is 5.38. The predicted molar refractivity (Wildman–Crippen MR) is 75.2 cm³/mol. The molecule has 0 fully saturated rings. The van der Waals surface area contributed by atoms with Crippen molar-refractivity contribution in [3.63, 3.8) is 0 Å². The zero-order chi connectivity index (χ0) is 14.4. The number of rotatable bonds is 6. The van der Waals surface area contributed by atoms with Gasteiger partial charge in [-0.1, -0.05) is 6.07 Å². The van der Waals surface area contributed by atoms with Crippen LogP contribution in [-0.2, 0) is 6.54 Å². The number of nitrogen functional groups attached to an aromatic ring is 1. The lowest BCUT2D eigenvalue weighted by Crippen LogP contribution is -2.26. The van der Waals surface area contributed by atoms with Crippen LogP contribution in [0.2, 0.25) is 0 Å². The number of hydrazine groups is 1. The Hall–Kier alpha value is -2.48. The number of ether oxygens (including phenoxy) is 1. The molecule has 2 aromatic heterocycles. The molecule has 8 nitrogen and oxygen atoms in total. The second-order valence-corrected chi connectivity index (χ2v) is 3.93. The van der Waals surface area contributed by atoms with E-state index < -0.39 is 0 Å². The fraction of sp³-hybridized carbons (Fsp3) is 0.333. The summed E-state index contributed by atoms with van der Waals surface area (Å²) in [6.07, 6.45) is 1.75. The summed E-state index contributed by atoms with van der Waals surface area (Å²) in [4.78, 5) is 18.7. The topological polar surface area (TPSA) is 102 Å². The molecule has 0 saturated carbocycles. The van der Waals surface area contributed by atoms with Gasteiger partial charge in [-0.25, -0.2) is 5.84 Å². The van der Waals surface area contributed by atoms with Gasteiger partial charge in [0.15, 0.2) is 0 Å². The Morgan fingerprint density at radius 3 is 2.75 bits per heavy atom. The van der Waals surface area contributed by atoms with E-state index in [4.69, 9.17) is 10.6 Å². The van der Waals surface area contributed by atoms with E-state index in [0.717, 1.165) is 5.69 Å². The summed E-state index contributed by atoms with van der Waals surface area (Å²) in [6.45, 7) is 3.32. The Morgan fingerprint density at radius 2 is 2.15 bits per heavy atom. The van der Waals surface area contributed by atoms with Gasteiger partial charge in [-0.15, -0.1) is 0 Å². The molecule has 2 rings (SSSR count). The van der Waals surface area contributed by atoms with Crippen molar-refractivity contribution in [3.8, 4) is 6.01 Å². The van der Waals surface area contributed by atoms with Gasteiger partial charge in [-0.05, 0) is 19.1 Å². The summed E-state index contributed by atoms with van der Waals surface area (Å²) >= 11 is 0. The van der Waals surface area contributed by atoms with Crippen molar-refractivity contribution in [1.29, 1.82) is 0 Å². The SMILES string of the molecule is CCN(Cc1ccccn1)c1nc(NN)nc(OC)n1. The lowest BCUT2D eigenvalue weighted by molar-refractivity contribution is 0.378. The van der Waals surface area contributed by atoms with E-state index in [1.807, 2.05) is 30.0 Å². The fourth-order valence-electron chi connectivity index (χ4n) is 1.65. The number of nitrogens with one attached hydrogen (secondary N) is 1. The molecule has 20 heavy (non-hydrogen) atoms. The summed E-state index contributed by atoms with van der Waals surface area (Å²) in [6, 6.07) is 5.98. The molecule has 0 amide bonds. The summed E-state index contributed by atoms with van der Waals surface area (Å²) in [5.41, 5.74) is 3.33. The van der Waals surface area contributed by atoms with Crippen molar-refractivity contribution in [2.45, 2.75) is 13.5 Å². The van der Waals surface area contributed by atoms with E-state index >= 15 is 0 Å². The van der Waals surface area contributed by atoms with Crippen LogP contribution < -0.4 is 20.9 Å². The third-order valence-corrected chi connectivity index (χ3v) is 2.66. The minimum atomic E-state index is 0.211. The number of anilines is 2. The molecule has 2 aromatic rings. The first-order valence-electron chi connectivity index (χ1n) is 6.18. The molecule has 0 aliphatic rings. The third-order valence-electron chi connectivity index (χ3n) is 2.66. The maximum Gasteiger partial charge on any atom is 0.322 e. The zero-order valence-corrected chi connectivity index (χ0v) is 11.4. The highest BCUT2D eigenvalue weighted by atomic mass is 16.5. The Labute approximate surface area is 117 Å². The highest BCUT2D eigenvalue weighted by Crippen LogP contribution is 2.16. The number of aromatic nitrogens is 4. The van der Waals surface area contributed by atoms with Crippen LogP contribution in [0.15, 0.2) is 24.4 Å². The van der Waals surface area contributed by atoms with Gasteiger partial charge in [-0.2, -0.15) is 15.0 Å². The van der Waals surface area contributed by atoms with Crippen molar-refractivity contribution in [3.05, 3.63) is 30.1 Å². The van der Waals surface area contributed by atoms with E-state index in [2.05, 4.69) is 25.4 Å². The Kier molecular flexibility index (Phi) is 4.61. The second-order valence-electron chi connectivity index (χ2n) is 3.93. The summed E-state index contributed by atoms with van der Waals surface area (Å²) in [7, 11) is 1.49. The normalized spacial score (nSPS) is 10.2. The van der Waals surface area contributed by atoms with Gasteiger partial charge in [0.2, 0.25) is 11.9 Å². The molecule has 0 atom stereocenters. The highest BCUT2D eigenvalue weighted by Gasteiger charge is 2.13. The van der Waals surface area contributed by atoms with E-state index in [9.17, 15) is 0 Å². The maximum atomic E-state index is 5.35. The molecule has 0 aromatic carbocycles. The summed E-state index contributed by atoms with van der Waals surface area (Å²) in [5, 5.41) is 0. The Bertz CT molecular complexity index is 527. The lowest BCUT2D eigenvalue weighted by atomic mass is 10.3. The number of nitrogens with two attached hydrogens (primary N) is 1. The number of nitrogens with zero attached hydrogens (tertiary/aromatic N) is 5. The first-order valence-corrected chi connectivity index (χ1v) is 6.18. The van der Waals surface area contributed by atoms with Crippen LogP contribution in [0.25, 0.3) is 0 Å². The quantitative estimate of drug-likeness (QED) is 0.583. The number of methoxy groups -OCH3 is 1. The first-order chi connectivity index (χ1) is 9.76. The van der Waals surface area contributed by atoms with Crippen LogP contribution in [0.1, 0.15) is 12.6 Å². The summed E-state index contributed by atoms with van der Waals surface area (Å²) in [5.74, 6) is 6.09. The molecule has 0 radical (unpaired) electrons. The van der Waals surface area contributed by atoms with Crippen LogP contribution in [0.4, 0.5) is 11.9 Å². The van der Waals surface area contributed by atoms with Crippen LogP contribution in [-0.4, -0.2) is 33.6 Å². The van der Waals surface area contributed by atoms with Gasteiger partial charge < -0.3 is 9.64 Å². The van der Waals surface area contributed by atoms with E-state index in [1.165, 1.54) is 7.11 Å². The molecular weight excluding hydrogens is 258 g/mol. The van der Waals surface area contributed by atoms with E-state index in [1.54, 1.807) is 6.20 Å². The van der Waals surface area contributed by atoms with Gasteiger partial charge >= 0.3 is 6.01 Å². The van der Waals surface area contributed by atoms with Crippen LogP contribution >= 0.6 is 0 Å². The Morgan fingerprint density at radius 1 is 1.30 bits per heavy atom. The maximum absolute atomic E-state index is 5.35. The van der Waals surface area contributed by atoms with Gasteiger partial charge in [-0.3, -0.25) is 10.4 Å². The number of hydrogen-bond donors (Lipinski definition) is 2. The standard InChI is InChI=1S/C12H17N7O/c1-3-19(8-9-6-4-5-7-14-9)11-15-10(18-13)16-12(17-11)20-2/h4-7H,3,8,13H2,1-2H3,(H,15,16,17,18).